The Kier molecular flexibility index (Phi) is 10.3. The monoisotopic (exact) mass is 661 g/mol. The van der Waals surface area contributed by atoms with E-state index >= 15 is 0 Å². The number of hydrogen-bond donors (Lipinski definition) is 0. The van der Waals surface area contributed by atoms with E-state index in [0.29, 0.717) is 49.1 Å². The number of rotatable bonds is 10. The molecule has 0 spiro atoms. The van der Waals surface area contributed by atoms with E-state index in [1.54, 1.807) is 30.9 Å². The van der Waals surface area contributed by atoms with Crippen molar-refractivity contribution in [3.8, 4) is 0 Å². The molecule has 47 heavy (non-hydrogen) atoms. The number of ether oxygens (including phenoxy) is 2. The van der Waals surface area contributed by atoms with Gasteiger partial charge < -0.3 is 23.7 Å². The van der Waals surface area contributed by atoms with Gasteiger partial charge in [0.25, 0.3) is 0 Å². The minimum absolute atomic E-state index is 0.0704. The van der Waals surface area contributed by atoms with E-state index in [1.165, 1.54) is 10.4 Å². The number of aryl methyl sites for hydroxylation is 1. The van der Waals surface area contributed by atoms with E-state index in [1.807, 2.05) is 75.4 Å². The van der Waals surface area contributed by atoms with Gasteiger partial charge in [-0.1, -0.05) is 42.5 Å². The zero-order chi connectivity index (χ0) is 33.8. The van der Waals surface area contributed by atoms with E-state index in [2.05, 4.69) is 4.90 Å². The largest absolute Gasteiger partial charge is 0.460 e. The number of hydrogen-bond acceptors (Lipinski definition) is 8. The minimum atomic E-state index is -3.96. The summed E-state index contributed by atoms with van der Waals surface area (Å²) in [4.78, 5) is 29.0. The zero-order valence-corrected chi connectivity index (χ0v) is 28.5. The van der Waals surface area contributed by atoms with Crippen molar-refractivity contribution in [1.82, 2.24) is 9.21 Å². The Morgan fingerprint density at radius 1 is 0.915 bits per heavy atom. The van der Waals surface area contributed by atoms with Crippen molar-refractivity contribution < 1.29 is 31.9 Å². The number of esters is 1. The van der Waals surface area contributed by atoms with E-state index in [9.17, 15) is 18.0 Å². The van der Waals surface area contributed by atoms with Gasteiger partial charge in [-0.2, -0.15) is 4.31 Å². The van der Waals surface area contributed by atoms with Crippen LogP contribution in [0.2, 0.25) is 0 Å². The fourth-order valence-electron chi connectivity index (χ4n) is 5.61. The van der Waals surface area contributed by atoms with Gasteiger partial charge in [0.05, 0.1) is 11.5 Å². The Balaban J connectivity index is 1.38. The number of piperazine rings is 1. The van der Waals surface area contributed by atoms with Crippen LogP contribution in [0, 0.1) is 6.92 Å². The highest BCUT2D eigenvalue weighted by molar-refractivity contribution is 7.89. The molecule has 250 valence electrons. The molecule has 11 heteroatoms. The van der Waals surface area contributed by atoms with Crippen LogP contribution in [0.5, 0.6) is 0 Å². The van der Waals surface area contributed by atoms with Gasteiger partial charge in [0.15, 0.2) is 0 Å². The average Bonchev–Trinajstić information content (AvgIpc) is 3.38. The molecule has 1 aliphatic heterocycles. The molecule has 1 fully saturated rings. The van der Waals surface area contributed by atoms with Crippen molar-refractivity contribution in [2.45, 2.75) is 58.1 Å². The van der Waals surface area contributed by atoms with Gasteiger partial charge in [0.1, 0.15) is 11.2 Å². The molecule has 0 atom stereocenters. The molecule has 2 heterocycles. The van der Waals surface area contributed by atoms with E-state index in [4.69, 9.17) is 13.9 Å². The maximum absolute atomic E-state index is 14.3. The number of amides is 1. The Hall–Kier alpha value is -4.35. The lowest BCUT2D eigenvalue weighted by atomic mass is 10.1. The van der Waals surface area contributed by atoms with Crippen LogP contribution >= 0.6 is 0 Å². The molecule has 1 aliphatic rings. The summed E-state index contributed by atoms with van der Waals surface area (Å²) >= 11 is 0. The first-order chi connectivity index (χ1) is 22.4. The standard InChI is InChI=1S/C36H43N3O7S/c1-6-44-34(40)33-26(2)31-24-30(15-16-32(31)45-33)47(42,43)39(18-17-27-11-8-7-9-12-27)25-28-13-10-14-29(23-28)37-19-21-38(22-20-37)35(41)46-36(3,4)5/h7-16,23-24H,6,17-22,25H2,1-5H3. The van der Waals surface area contributed by atoms with E-state index in [-0.39, 0.29) is 36.4 Å². The van der Waals surface area contributed by atoms with Gasteiger partial charge in [0.2, 0.25) is 15.8 Å². The predicted molar refractivity (Wildman–Crippen MR) is 181 cm³/mol. The number of carbonyl (C=O) groups excluding carboxylic acids is 2. The average molecular weight is 662 g/mol. The SMILES string of the molecule is CCOC(=O)c1oc2ccc(S(=O)(=O)N(CCc3ccccc3)Cc3cccc(N4CCN(C(=O)OC(C)(C)C)CC4)c3)cc2c1C. The van der Waals surface area contributed by atoms with Gasteiger partial charge in [-0.05, 0) is 82.5 Å². The van der Waals surface area contributed by atoms with Crippen molar-refractivity contribution in [3.05, 3.63) is 95.2 Å². The first kappa shape index (κ1) is 34.0. The summed E-state index contributed by atoms with van der Waals surface area (Å²) < 4.78 is 46.5. The van der Waals surface area contributed by atoms with Crippen LogP contribution in [-0.2, 0) is 32.5 Å². The summed E-state index contributed by atoms with van der Waals surface area (Å²) in [5.41, 5.74) is 3.24. The quantitative estimate of drug-likeness (QED) is 0.180. The summed E-state index contributed by atoms with van der Waals surface area (Å²) in [6.45, 7) is 12.0. The molecule has 1 amide bonds. The van der Waals surface area contributed by atoms with Crippen LogP contribution in [0.15, 0.2) is 82.1 Å². The fraction of sp³-hybridized carbons (Fsp3) is 0.389. The van der Waals surface area contributed by atoms with Crippen molar-refractivity contribution in [2.75, 3.05) is 44.2 Å². The highest BCUT2D eigenvalue weighted by Crippen LogP contribution is 2.30. The van der Waals surface area contributed by atoms with Gasteiger partial charge in [0, 0.05) is 55.9 Å². The normalized spacial score (nSPS) is 14.1. The molecule has 0 aliphatic carbocycles. The molecular formula is C36H43N3O7S. The maximum Gasteiger partial charge on any atom is 0.410 e. The molecular weight excluding hydrogens is 618 g/mol. The molecule has 0 saturated carbocycles. The van der Waals surface area contributed by atoms with Crippen molar-refractivity contribution in [2.24, 2.45) is 0 Å². The van der Waals surface area contributed by atoms with Gasteiger partial charge >= 0.3 is 12.1 Å². The molecule has 1 saturated heterocycles. The van der Waals surface area contributed by atoms with Crippen LogP contribution in [-0.4, -0.2) is 74.6 Å². The number of furan rings is 1. The molecule has 3 aromatic carbocycles. The lowest BCUT2D eigenvalue weighted by Gasteiger charge is -2.37. The highest BCUT2D eigenvalue weighted by Gasteiger charge is 2.29. The van der Waals surface area contributed by atoms with Crippen LogP contribution in [0.3, 0.4) is 0 Å². The second kappa shape index (κ2) is 14.2. The number of anilines is 1. The lowest BCUT2D eigenvalue weighted by Crippen LogP contribution is -2.50. The molecule has 0 unspecified atom stereocenters. The molecule has 5 rings (SSSR count). The number of fused-ring (bicyclic) bond motifs is 1. The van der Waals surface area contributed by atoms with Crippen LogP contribution < -0.4 is 4.90 Å². The van der Waals surface area contributed by atoms with Crippen LogP contribution in [0.4, 0.5) is 10.5 Å². The Bertz CT molecular complexity index is 1820. The van der Waals surface area contributed by atoms with E-state index in [0.717, 1.165) is 16.8 Å². The maximum atomic E-state index is 14.3. The predicted octanol–water partition coefficient (Wildman–Crippen LogP) is 6.41. The smallest absolute Gasteiger partial charge is 0.410 e. The highest BCUT2D eigenvalue weighted by atomic mass is 32.2. The number of nitrogens with zero attached hydrogens (tertiary/aromatic N) is 3. The summed E-state index contributed by atoms with van der Waals surface area (Å²) in [5, 5.41) is 0.546. The molecule has 4 aromatic rings. The first-order valence-electron chi connectivity index (χ1n) is 15.9. The summed E-state index contributed by atoms with van der Waals surface area (Å²) in [5.74, 6) is -0.512. The number of carbonyl (C=O) groups is 2. The van der Waals surface area contributed by atoms with Gasteiger partial charge in [-0.3, -0.25) is 0 Å². The minimum Gasteiger partial charge on any atom is -0.460 e. The van der Waals surface area contributed by atoms with E-state index < -0.39 is 21.6 Å². The molecule has 0 radical (unpaired) electrons. The van der Waals surface area contributed by atoms with Crippen LogP contribution in [0.25, 0.3) is 11.0 Å². The van der Waals surface area contributed by atoms with Gasteiger partial charge in [-0.15, -0.1) is 0 Å². The Morgan fingerprint density at radius 3 is 2.30 bits per heavy atom. The van der Waals surface area contributed by atoms with Gasteiger partial charge in [-0.25, -0.2) is 18.0 Å². The topological polar surface area (TPSA) is 110 Å². The fourth-order valence-corrected chi connectivity index (χ4v) is 7.07. The first-order valence-corrected chi connectivity index (χ1v) is 17.4. The Labute approximate surface area is 276 Å². The number of benzene rings is 3. The van der Waals surface area contributed by atoms with Crippen molar-refractivity contribution in [1.29, 1.82) is 0 Å². The molecule has 0 bridgehead atoms. The molecule has 1 aromatic heterocycles. The summed E-state index contributed by atoms with van der Waals surface area (Å²) in [6.07, 6.45) is 0.220. The number of sulfonamides is 1. The summed E-state index contributed by atoms with van der Waals surface area (Å²) in [6, 6.07) is 22.4. The lowest BCUT2D eigenvalue weighted by molar-refractivity contribution is 0.0240. The third kappa shape index (κ3) is 8.15. The second-order valence-electron chi connectivity index (χ2n) is 12.6. The third-order valence-electron chi connectivity index (χ3n) is 8.06. The Morgan fingerprint density at radius 2 is 1.62 bits per heavy atom. The molecule has 0 N–H and O–H groups in total. The van der Waals surface area contributed by atoms with Crippen molar-refractivity contribution in [3.63, 3.8) is 0 Å². The third-order valence-corrected chi connectivity index (χ3v) is 9.91. The zero-order valence-electron chi connectivity index (χ0n) is 27.7. The summed E-state index contributed by atoms with van der Waals surface area (Å²) in [7, 11) is -3.96. The van der Waals surface area contributed by atoms with Crippen LogP contribution in [0.1, 0.15) is 54.9 Å². The second-order valence-corrected chi connectivity index (χ2v) is 14.6. The molecule has 10 nitrogen and oxygen atoms in total. The van der Waals surface area contributed by atoms with Crippen molar-refractivity contribution >= 4 is 38.7 Å².